The maximum Gasteiger partial charge on any atom is 0.327 e. The third-order valence-electron chi connectivity index (χ3n) is 5.33. The quantitative estimate of drug-likeness (QED) is 0.299. The molecule has 180 valence electrons. The molecule has 0 unspecified atom stereocenters. The van der Waals surface area contributed by atoms with E-state index >= 15 is 0 Å². The molecule has 0 aliphatic carbocycles. The van der Waals surface area contributed by atoms with Gasteiger partial charge in [0.25, 0.3) is 0 Å². The van der Waals surface area contributed by atoms with Crippen molar-refractivity contribution in [1.29, 1.82) is 0 Å². The molecule has 0 fully saturated rings. The van der Waals surface area contributed by atoms with E-state index in [-0.39, 0.29) is 5.04 Å². The molecule has 7 heteroatoms. The van der Waals surface area contributed by atoms with E-state index in [9.17, 15) is 9.59 Å². The zero-order chi connectivity index (χ0) is 24.6. The van der Waals surface area contributed by atoms with Gasteiger partial charge < -0.3 is 13.9 Å². The number of nitrogens with one attached hydrogen (secondary N) is 1. The second-order valence-electron chi connectivity index (χ2n) is 10.5. The van der Waals surface area contributed by atoms with E-state index in [0.717, 1.165) is 5.56 Å². The molecule has 0 bridgehead atoms. The summed E-state index contributed by atoms with van der Waals surface area (Å²) in [4.78, 5) is 24.8. The van der Waals surface area contributed by atoms with Crippen LogP contribution in [-0.2, 0) is 30.0 Å². The zero-order valence-corrected chi connectivity index (χ0v) is 22.2. The van der Waals surface area contributed by atoms with Crippen LogP contribution in [0.25, 0.3) is 0 Å². The third kappa shape index (κ3) is 10.1. The van der Waals surface area contributed by atoms with Crippen molar-refractivity contribution in [3.05, 3.63) is 48.0 Å². The van der Waals surface area contributed by atoms with Crippen LogP contribution in [0.5, 0.6) is 0 Å². The van der Waals surface area contributed by atoms with Crippen molar-refractivity contribution >= 4 is 20.3 Å². The first-order valence-electron chi connectivity index (χ1n) is 11.1. The molecule has 0 aliphatic rings. The minimum atomic E-state index is -1.92. The second-order valence-corrected chi connectivity index (χ2v) is 15.3. The molecule has 1 rings (SSSR count). The average molecular weight is 464 g/mol. The molecule has 0 radical (unpaired) electrons. The molecule has 2 atom stereocenters. The maximum atomic E-state index is 13.0. The summed E-state index contributed by atoms with van der Waals surface area (Å²) in [5, 5.41) is 3.30. The lowest BCUT2D eigenvalue weighted by Gasteiger charge is -2.35. The van der Waals surface area contributed by atoms with Crippen LogP contribution in [0.2, 0.25) is 18.1 Å². The van der Waals surface area contributed by atoms with E-state index in [1.54, 1.807) is 6.08 Å². The summed E-state index contributed by atoms with van der Waals surface area (Å²) in [5.41, 5.74) is 0.340. The van der Waals surface area contributed by atoms with E-state index in [4.69, 9.17) is 13.9 Å². The van der Waals surface area contributed by atoms with Crippen molar-refractivity contribution in [2.45, 2.75) is 90.9 Å². The van der Waals surface area contributed by atoms with Gasteiger partial charge in [0.15, 0.2) is 8.32 Å². The van der Waals surface area contributed by atoms with Crippen LogP contribution in [-0.4, -0.2) is 44.6 Å². The van der Waals surface area contributed by atoms with Gasteiger partial charge in [0, 0.05) is 13.5 Å². The molecule has 0 saturated carbocycles. The highest BCUT2D eigenvalue weighted by atomic mass is 28.4. The molecule has 0 heterocycles. The number of hydrogen-bond donors (Lipinski definition) is 1. The molecular formula is C25H41NO5Si. The molecule has 1 aromatic rings. The Morgan fingerprint density at radius 2 is 1.66 bits per heavy atom. The van der Waals surface area contributed by atoms with Gasteiger partial charge in [0.1, 0.15) is 17.7 Å². The minimum absolute atomic E-state index is 0.0897. The highest BCUT2D eigenvalue weighted by molar-refractivity contribution is 6.74. The number of rotatable bonds is 10. The van der Waals surface area contributed by atoms with Crippen molar-refractivity contribution < 1.29 is 23.5 Å². The second kappa shape index (κ2) is 11.8. The Morgan fingerprint density at radius 3 is 2.16 bits per heavy atom. The number of esters is 2. The Kier molecular flexibility index (Phi) is 10.3. The Morgan fingerprint density at radius 1 is 1.06 bits per heavy atom. The summed E-state index contributed by atoms with van der Waals surface area (Å²) < 4.78 is 17.3. The van der Waals surface area contributed by atoms with E-state index in [1.807, 2.05) is 57.2 Å². The Hall–Kier alpha value is -1.96. The van der Waals surface area contributed by atoms with Gasteiger partial charge >= 0.3 is 11.9 Å². The van der Waals surface area contributed by atoms with Crippen molar-refractivity contribution in [3.63, 3.8) is 0 Å². The molecular weight excluding hydrogens is 422 g/mol. The third-order valence-corrected chi connectivity index (χ3v) is 9.83. The molecule has 0 aliphatic heterocycles. The predicted molar refractivity (Wildman–Crippen MR) is 131 cm³/mol. The molecule has 1 N–H and O–H groups in total. The van der Waals surface area contributed by atoms with Crippen LogP contribution < -0.4 is 5.32 Å². The molecule has 0 spiro atoms. The van der Waals surface area contributed by atoms with Crippen LogP contribution in [0.3, 0.4) is 0 Å². The number of carbonyl (C=O) groups is 2. The van der Waals surface area contributed by atoms with Crippen LogP contribution >= 0.6 is 0 Å². The van der Waals surface area contributed by atoms with E-state index in [2.05, 4.69) is 39.2 Å². The SMILES string of the molecule is CC(=O)O[C@H](/C=C/CO[Si](C)(C)C(C)(C)C)[C@H](NCc1ccccc1)C(=O)OC(C)(C)C. The zero-order valence-electron chi connectivity index (χ0n) is 21.2. The molecule has 1 aromatic carbocycles. The van der Waals surface area contributed by atoms with E-state index < -0.39 is 38.0 Å². The summed E-state index contributed by atoms with van der Waals surface area (Å²) in [6.45, 7) is 18.4. The summed E-state index contributed by atoms with van der Waals surface area (Å²) >= 11 is 0. The summed E-state index contributed by atoms with van der Waals surface area (Å²) in [7, 11) is -1.92. The van der Waals surface area contributed by atoms with Crippen molar-refractivity contribution in [2.75, 3.05) is 6.61 Å². The van der Waals surface area contributed by atoms with Crippen LogP contribution in [0.1, 0.15) is 54.0 Å². The lowest BCUT2D eigenvalue weighted by Crippen LogP contribution is -2.49. The number of benzene rings is 1. The van der Waals surface area contributed by atoms with Crippen molar-refractivity contribution in [2.24, 2.45) is 0 Å². The van der Waals surface area contributed by atoms with Gasteiger partial charge in [-0.15, -0.1) is 0 Å². The topological polar surface area (TPSA) is 73.9 Å². The molecule has 0 saturated heterocycles. The first kappa shape index (κ1) is 28.1. The van der Waals surface area contributed by atoms with Gasteiger partial charge in [0.05, 0.1) is 6.61 Å². The van der Waals surface area contributed by atoms with Gasteiger partial charge in [-0.2, -0.15) is 0 Å². The van der Waals surface area contributed by atoms with Crippen LogP contribution in [0, 0.1) is 0 Å². The highest BCUT2D eigenvalue weighted by Gasteiger charge is 2.37. The Labute approximate surface area is 194 Å². The van der Waals surface area contributed by atoms with Crippen molar-refractivity contribution in [3.8, 4) is 0 Å². The van der Waals surface area contributed by atoms with E-state index in [0.29, 0.717) is 13.2 Å². The normalized spacial score (nSPS) is 14.8. The fourth-order valence-corrected chi connectivity index (χ4v) is 3.54. The monoisotopic (exact) mass is 463 g/mol. The molecule has 32 heavy (non-hydrogen) atoms. The largest absolute Gasteiger partial charge is 0.459 e. The first-order chi connectivity index (χ1) is 14.6. The minimum Gasteiger partial charge on any atom is -0.459 e. The van der Waals surface area contributed by atoms with E-state index in [1.165, 1.54) is 6.92 Å². The number of hydrogen-bond acceptors (Lipinski definition) is 6. The summed E-state index contributed by atoms with van der Waals surface area (Å²) in [6, 6.07) is 8.86. The molecule has 0 aromatic heterocycles. The number of ether oxygens (including phenoxy) is 2. The summed E-state index contributed by atoms with van der Waals surface area (Å²) in [5.74, 6) is -0.949. The van der Waals surface area contributed by atoms with Crippen molar-refractivity contribution in [1.82, 2.24) is 5.32 Å². The predicted octanol–water partition coefficient (Wildman–Crippen LogP) is 5.00. The van der Waals surface area contributed by atoms with Gasteiger partial charge in [-0.1, -0.05) is 57.2 Å². The fraction of sp³-hybridized carbons (Fsp3) is 0.600. The smallest absolute Gasteiger partial charge is 0.327 e. The lowest BCUT2D eigenvalue weighted by molar-refractivity contribution is -0.163. The maximum absolute atomic E-state index is 13.0. The van der Waals surface area contributed by atoms with Gasteiger partial charge in [-0.3, -0.25) is 14.9 Å². The fourth-order valence-electron chi connectivity index (χ4n) is 2.60. The molecule has 0 amide bonds. The van der Waals surface area contributed by atoms with Crippen LogP contribution in [0.4, 0.5) is 0 Å². The van der Waals surface area contributed by atoms with Gasteiger partial charge in [-0.25, -0.2) is 0 Å². The van der Waals surface area contributed by atoms with Crippen LogP contribution in [0.15, 0.2) is 42.5 Å². The Bertz CT molecular complexity index is 763. The Balaban J connectivity index is 3.04. The number of carbonyl (C=O) groups excluding carboxylic acids is 2. The average Bonchev–Trinajstić information content (AvgIpc) is 2.63. The summed E-state index contributed by atoms with van der Waals surface area (Å²) in [6.07, 6.45) is 2.70. The standard InChI is InChI=1S/C25H41NO5Si/c1-19(27)30-21(16-13-17-29-32(8,9)25(5,6)7)22(23(28)31-24(2,3)4)26-18-20-14-11-10-12-15-20/h10-16,21-22,26H,17-18H2,1-9H3/b16-13+/t21-,22+/m1/s1. The highest BCUT2D eigenvalue weighted by Crippen LogP contribution is 2.36. The lowest BCUT2D eigenvalue weighted by atomic mass is 10.1. The van der Waals surface area contributed by atoms with Gasteiger partial charge in [0.2, 0.25) is 0 Å². The first-order valence-corrected chi connectivity index (χ1v) is 14.0. The van der Waals surface area contributed by atoms with Gasteiger partial charge in [-0.05, 0) is 50.5 Å². The molecule has 6 nitrogen and oxygen atoms in total.